The molecule has 86 valence electrons. The van der Waals surface area contributed by atoms with Gasteiger partial charge in [-0.15, -0.1) is 0 Å². The summed E-state index contributed by atoms with van der Waals surface area (Å²) in [5.41, 5.74) is 6.04. The fraction of sp³-hybridized carbons (Fsp3) is 0.267. The van der Waals surface area contributed by atoms with Gasteiger partial charge in [-0.1, -0.05) is 23.8 Å². The molecule has 1 aromatic carbocycles. The van der Waals surface area contributed by atoms with Crippen LogP contribution in [0.2, 0.25) is 0 Å². The van der Waals surface area contributed by atoms with Gasteiger partial charge in [0, 0.05) is 11.3 Å². The van der Waals surface area contributed by atoms with Crippen LogP contribution in [0.25, 0.3) is 11.1 Å². The Balaban J connectivity index is 2.29. The van der Waals surface area contributed by atoms with Crippen LogP contribution in [0.3, 0.4) is 0 Å². The van der Waals surface area contributed by atoms with E-state index in [1.54, 1.807) is 0 Å². The van der Waals surface area contributed by atoms with E-state index in [0.29, 0.717) is 5.56 Å². The molecule has 0 bridgehead atoms. The van der Waals surface area contributed by atoms with Crippen LogP contribution in [0.4, 0.5) is 4.39 Å². The summed E-state index contributed by atoms with van der Waals surface area (Å²) in [7, 11) is 0. The molecule has 2 heteroatoms. The second kappa shape index (κ2) is 3.66. The van der Waals surface area contributed by atoms with Crippen molar-refractivity contribution in [3.8, 4) is 11.1 Å². The Morgan fingerprint density at radius 1 is 1.06 bits per heavy atom. The quantitative estimate of drug-likeness (QED) is 0.626. The molecule has 0 aliphatic heterocycles. The largest absolute Gasteiger partial charge is 0.225 e. The molecule has 17 heavy (non-hydrogen) atoms. The molecule has 2 aromatic rings. The smallest absolute Gasteiger partial charge is 0.221 e. The fourth-order valence-electron chi connectivity index (χ4n) is 2.62. The maximum atomic E-state index is 14.0. The van der Waals surface area contributed by atoms with E-state index in [2.05, 4.69) is 18.0 Å². The molecule has 1 aliphatic rings. The molecule has 0 saturated heterocycles. The van der Waals surface area contributed by atoms with Gasteiger partial charge in [-0.2, -0.15) is 4.39 Å². The average Bonchev–Trinajstić information content (AvgIpc) is 2.28. The summed E-state index contributed by atoms with van der Waals surface area (Å²) in [5, 5.41) is 0. The summed E-state index contributed by atoms with van der Waals surface area (Å²) < 4.78 is 14.0. The van der Waals surface area contributed by atoms with E-state index in [9.17, 15) is 4.39 Å². The third-order valence-electron chi connectivity index (χ3n) is 3.38. The summed E-state index contributed by atoms with van der Waals surface area (Å²) in [6.07, 6.45) is 1.90. The van der Waals surface area contributed by atoms with Crippen molar-refractivity contribution in [1.82, 2.24) is 4.98 Å². The number of aromatic nitrogens is 1. The van der Waals surface area contributed by atoms with Crippen LogP contribution in [0.1, 0.15) is 22.4 Å². The van der Waals surface area contributed by atoms with Gasteiger partial charge in [-0.05, 0) is 49.4 Å². The first-order chi connectivity index (χ1) is 8.15. The summed E-state index contributed by atoms with van der Waals surface area (Å²) in [6.45, 7) is 3.91. The number of pyridine rings is 1. The Hall–Kier alpha value is -1.70. The minimum absolute atomic E-state index is 0.329. The second-order valence-corrected chi connectivity index (χ2v) is 4.75. The van der Waals surface area contributed by atoms with Crippen LogP contribution in [0.5, 0.6) is 0 Å². The lowest BCUT2D eigenvalue weighted by molar-refractivity contribution is 0.580. The Kier molecular flexibility index (Phi) is 2.25. The summed E-state index contributed by atoms with van der Waals surface area (Å²) in [6, 6.07) is 8.20. The van der Waals surface area contributed by atoms with Crippen molar-refractivity contribution in [2.45, 2.75) is 26.7 Å². The minimum Gasteiger partial charge on any atom is -0.225 e. The number of nitrogens with zero attached hydrogens (tertiary/aromatic N) is 1. The van der Waals surface area contributed by atoms with E-state index in [-0.39, 0.29) is 5.95 Å². The molecule has 1 aromatic heterocycles. The normalized spacial score (nSPS) is 13.1. The monoisotopic (exact) mass is 227 g/mol. The van der Waals surface area contributed by atoms with E-state index in [0.717, 1.165) is 29.7 Å². The number of hydrogen-bond acceptors (Lipinski definition) is 1. The number of fused-ring (bicyclic) bond motifs is 3. The number of aryl methyl sites for hydroxylation is 4. The molecule has 1 aliphatic carbocycles. The van der Waals surface area contributed by atoms with Crippen LogP contribution >= 0.6 is 0 Å². The van der Waals surface area contributed by atoms with E-state index < -0.39 is 0 Å². The maximum absolute atomic E-state index is 14.0. The molecule has 0 fully saturated rings. The highest BCUT2D eigenvalue weighted by Gasteiger charge is 2.20. The zero-order valence-corrected chi connectivity index (χ0v) is 10.0. The highest BCUT2D eigenvalue weighted by molar-refractivity contribution is 5.73. The SMILES string of the molecule is Cc1ccc2c(c1)CCc1cc(C)nc(F)c1-2. The minimum atomic E-state index is -0.329. The van der Waals surface area contributed by atoms with E-state index in [4.69, 9.17) is 0 Å². The summed E-state index contributed by atoms with van der Waals surface area (Å²) >= 11 is 0. The molecule has 0 amide bonds. The van der Waals surface area contributed by atoms with Gasteiger partial charge in [0.1, 0.15) is 0 Å². The third-order valence-corrected chi connectivity index (χ3v) is 3.38. The van der Waals surface area contributed by atoms with Crippen molar-refractivity contribution in [3.63, 3.8) is 0 Å². The molecule has 1 heterocycles. The Labute approximate surface area is 100 Å². The first-order valence-corrected chi connectivity index (χ1v) is 5.91. The zero-order valence-electron chi connectivity index (χ0n) is 10.0. The van der Waals surface area contributed by atoms with Crippen LogP contribution in [-0.2, 0) is 12.8 Å². The zero-order chi connectivity index (χ0) is 12.0. The van der Waals surface area contributed by atoms with E-state index in [1.807, 2.05) is 25.1 Å². The molecule has 0 spiro atoms. The molecule has 0 atom stereocenters. The van der Waals surface area contributed by atoms with E-state index >= 15 is 0 Å². The summed E-state index contributed by atoms with van der Waals surface area (Å²) in [4.78, 5) is 3.94. The predicted molar refractivity (Wildman–Crippen MR) is 66.5 cm³/mol. The molecule has 1 nitrogen and oxygen atoms in total. The third kappa shape index (κ3) is 1.64. The van der Waals surface area contributed by atoms with Gasteiger partial charge in [-0.25, -0.2) is 4.98 Å². The molecular weight excluding hydrogens is 213 g/mol. The lowest BCUT2D eigenvalue weighted by atomic mass is 9.85. The standard InChI is InChI=1S/C15H14FN/c1-9-3-6-13-11(7-9)4-5-12-8-10(2)17-15(16)14(12)13/h3,6-8H,4-5H2,1-2H3. The fourth-order valence-corrected chi connectivity index (χ4v) is 2.62. The molecule has 0 radical (unpaired) electrons. The number of benzene rings is 1. The van der Waals surface area contributed by atoms with Gasteiger partial charge in [0.25, 0.3) is 0 Å². The van der Waals surface area contributed by atoms with Gasteiger partial charge in [0.05, 0.1) is 0 Å². The molecule has 0 saturated carbocycles. The highest BCUT2D eigenvalue weighted by atomic mass is 19.1. The number of hydrogen-bond donors (Lipinski definition) is 0. The van der Waals surface area contributed by atoms with Crippen molar-refractivity contribution in [2.75, 3.05) is 0 Å². The molecular formula is C15H14FN. The molecule has 3 rings (SSSR count). The van der Waals surface area contributed by atoms with E-state index in [1.165, 1.54) is 11.1 Å². The van der Waals surface area contributed by atoms with Crippen molar-refractivity contribution in [1.29, 1.82) is 0 Å². The van der Waals surface area contributed by atoms with Crippen molar-refractivity contribution in [3.05, 3.63) is 52.6 Å². The first kappa shape index (κ1) is 10.5. The molecule has 0 N–H and O–H groups in total. The van der Waals surface area contributed by atoms with Crippen LogP contribution in [-0.4, -0.2) is 4.98 Å². The lowest BCUT2D eigenvalue weighted by Crippen LogP contribution is -2.08. The topological polar surface area (TPSA) is 12.9 Å². The second-order valence-electron chi connectivity index (χ2n) is 4.75. The highest BCUT2D eigenvalue weighted by Crippen LogP contribution is 2.35. The van der Waals surface area contributed by atoms with Gasteiger partial charge < -0.3 is 0 Å². The predicted octanol–water partition coefficient (Wildman–Crippen LogP) is 3.60. The van der Waals surface area contributed by atoms with Crippen molar-refractivity contribution in [2.24, 2.45) is 0 Å². The van der Waals surface area contributed by atoms with Gasteiger partial charge in [0.2, 0.25) is 5.95 Å². The van der Waals surface area contributed by atoms with Crippen molar-refractivity contribution >= 4 is 0 Å². The van der Waals surface area contributed by atoms with Crippen LogP contribution < -0.4 is 0 Å². The van der Waals surface area contributed by atoms with Gasteiger partial charge in [0.15, 0.2) is 0 Å². The first-order valence-electron chi connectivity index (χ1n) is 5.91. The lowest BCUT2D eigenvalue weighted by Gasteiger charge is -2.20. The van der Waals surface area contributed by atoms with Crippen LogP contribution in [0, 0.1) is 19.8 Å². The average molecular weight is 227 g/mol. The molecule has 0 unspecified atom stereocenters. The number of rotatable bonds is 0. The summed E-state index contributed by atoms with van der Waals surface area (Å²) in [5.74, 6) is -0.329. The Morgan fingerprint density at radius 3 is 2.65 bits per heavy atom. The Bertz CT molecular complexity index is 602. The Morgan fingerprint density at radius 2 is 1.82 bits per heavy atom. The van der Waals surface area contributed by atoms with Gasteiger partial charge >= 0.3 is 0 Å². The maximum Gasteiger partial charge on any atom is 0.221 e. The van der Waals surface area contributed by atoms with Gasteiger partial charge in [-0.3, -0.25) is 0 Å². The van der Waals surface area contributed by atoms with Crippen LogP contribution in [0.15, 0.2) is 24.3 Å². The number of halogens is 1. The van der Waals surface area contributed by atoms with Crippen molar-refractivity contribution < 1.29 is 4.39 Å².